The monoisotopic (exact) mass is 426 g/mol. The van der Waals surface area contributed by atoms with Crippen LogP contribution >= 0.6 is 11.6 Å². The molecular formula is C21H15ClN2O6. The topological polar surface area (TPSA) is 126 Å². The van der Waals surface area contributed by atoms with Gasteiger partial charge in [-0.3, -0.25) is 4.79 Å². The molecule has 0 saturated heterocycles. The number of anilines is 1. The first kappa shape index (κ1) is 20.8. The van der Waals surface area contributed by atoms with Crippen LogP contribution in [-0.4, -0.2) is 33.0 Å². The van der Waals surface area contributed by atoms with Crippen molar-refractivity contribution in [2.45, 2.75) is 6.92 Å². The average Bonchev–Trinajstić information content (AvgIpc) is 2.68. The number of halogens is 1. The van der Waals surface area contributed by atoms with Crippen LogP contribution < -0.4 is 10.1 Å². The zero-order valence-corrected chi connectivity index (χ0v) is 16.3. The molecule has 3 rings (SSSR count). The van der Waals surface area contributed by atoms with Gasteiger partial charge < -0.3 is 20.3 Å². The minimum Gasteiger partial charge on any atom is -0.478 e. The molecule has 1 aromatic heterocycles. The summed E-state index contributed by atoms with van der Waals surface area (Å²) in [6.07, 6.45) is 0. The van der Waals surface area contributed by atoms with Crippen molar-refractivity contribution in [1.82, 2.24) is 4.98 Å². The maximum atomic E-state index is 12.6. The second kappa shape index (κ2) is 8.62. The van der Waals surface area contributed by atoms with Gasteiger partial charge in [-0.25, -0.2) is 14.6 Å². The Balaban J connectivity index is 1.89. The number of aromatic carboxylic acids is 2. The second-order valence-electron chi connectivity index (χ2n) is 6.19. The van der Waals surface area contributed by atoms with Crippen LogP contribution in [0, 0.1) is 6.92 Å². The number of hydrogen-bond donors (Lipinski definition) is 3. The van der Waals surface area contributed by atoms with Gasteiger partial charge in [-0.1, -0.05) is 23.7 Å². The lowest BCUT2D eigenvalue weighted by atomic mass is 10.1. The van der Waals surface area contributed by atoms with E-state index in [2.05, 4.69) is 10.3 Å². The minimum atomic E-state index is -1.40. The highest BCUT2D eigenvalue weighted by Crippen LogP contribution is 2.31. The fourth-order valence-corrected chi connectivity index (χ4v) is 2.94. The third kappa shape index (κ3) is 4.73. The van der Waals surface area contributed by atoms with E-state index in [4.69, 9.17) is 21.4 Å². The molecule has 1 heterocycles. The molecule has 0 aliphatic heterocycles. The summed E-state index contributed by atoms with van der Waals surface area (Å²) >= 11 is 5.91. The third-order valence-corrected chi connectivity index (χ3v) is 4.19. The molecule has 3 aromatic rings. The zero-order valence-electron chi connectivity index (χ0n) is 15.5. The molecule has 8 nitrogen and oxygen atoms in total. The molecule has 0 unspecified atom stereocenters. The number of ether oxygens (including phenoxy) is 1. The van der Waals surface area contributed by atoms with Crippen molar-refractivity contribution in [3.63, 3.8) is 0 Å². The van der Waals surface area contributed by atoms with E-state index in [-0.39, 0.29) is 22.2 Å². The lowest BCUT2D eigenvalue weighted by Gasteiger charge is -2.13. The summed E-state index contributed by atoms with van der Waals surface area (Å²) in [5.41, 5.74) is 0.440. The van der Waals surface area contributed by atoms with E-state index in [1.807, 2.05) is 0 Å². The highest BCUT2D eigenvalue weighted by molar-refractivity contribution is 6.29. The van der Waals surface area contributed by atoms with Crippen LogP contribution in [0.1, 0.15) is 36.8 Å². The normalized spacial score (nSPS) is 10.3. The molecule has 0 fully saturated rings. The van der Waals surface area contributed by atoms with E-state index < -0.39 is 23.4 Å². The lowest BCUT2D eigenvalue weighted by molar-refractivity contribution is 0.0651. The summed E-state index contributed by atoms with van der Waals surface area (Å²) in [7, 11) is 0. The summed E-state index contributed by atoms with van der Waals surface area (Å²) in [5, 5.41) is 21.3. The van der Waals surface area contributed by atoms with Gasteiger partial charge in [0, 0.05) is 11.3 Å². The minimum absolute atomic E-state index is 0.0990. The molecule has 0 atom stereocenters. The van der Waals surface area contributed by atoms with E-state index in [1.165, 1.54) is 12.1 Å². The molecule has 0 aliphatic rings. The molecule has 0 saturated carbocycles. The van der Waals surface area contributed by atoms with Gasteiger partial charge in [0.05, 0.1) is 16.8 Å². The summed E-state index contributed by atoms with van der Waals surface area (Å²) in [5.74, 6) is -2.86. The maximum Gasteiger partial charge on any atom is 0.336 e. The van der Waals surface area contributed by atoms with Crippen LogP contribution in [-0.2, 0) is 0 Å². The van der Waals surface area contributed by atoms with Crippen molar-refractivity contribution >= 4 is 35.1 Å². The second-order valence-corrected chi connectivity index (χ2v) is 6.58. The SMILES string of the molecule is Cc1cc(C(=O)Nc2ccccc2Oc2ccc(C(=O)O)c(C(=O)O)c2)cc(Cl)n1. The quantitative estimate of drug-likeness (QED) is 0.496. The Bertz CT molecular complexity index is 1140. The Morgan fingerprint density at radius 3 is 2.33 bits per heavy atom. The predicted octanol–water partition coefficient (Wildman–Crippen LogP) is 4.48. The van der Waals surface area contributed by atoms with E-state index >= 15 is 0 Å². The summed E-state index contributed by atoms with van der Waals surface area (Å²) < 4.78 is 5.71. The molecule has 2 aromatic carbocycles. The van der Waals surface area contributed by atoms with Crippen molar-refractivity contribution in [2.24, 2.45) is 0 Å². The van der Waals surface area contributed by atoms with Crippen LogP contribution in [0.2, 0.25) is 5.15 Å². The van der Waals surface area contributed by atoms with Crippen molar-refractivity contribution < 1.29 is 29.3 Å². The number of amides is 1. The Morgan fingerprint density at radius 2 is 1.67 bits per heavy atom. The fraction of sp³-hybridized carbons (Fsp3) is 0.0476. The standard InChI is InChI=1S/C21H15ClN2O6/c1-11-8-12(9-18(22)23-11)19(25)24-16-4-2-3-5-17(16)30-13-6-7-14(20(26)27)15(10-13)21(28)29/h2-10H,1H3,(H,24,25)(H,26,27)(H,28,29). The number of carbonyl (C=O) groups is 3. The molecule has 0 radical (unpaired) electrons. The first-order valence-electron chi connectivity index (χ1n) is 8.57. The number of pyridine rings is 1. The predicted molar refractivity (Wildman–Crippen MR) is 109 cm³/mol. The third-order valence-electron chi connectivity index (χ3n) is 4.00. The van der Waals surface area contributed by atoms with Gasteiger partial charge in [0.25, 0.3) is 5.91 Å². The van der Waals surface area contributed by atoms with E-state index in [0.29, 0.717) is 16.9 Å². The number of nitrogens with one attached hydrogen (secondary N) is 1. The Hall–Kier alpha value is -3.91. The van der Waals surface area contributed by atoms with Crippen LogP contribution in [0.3, 0.4) is 0 Å². The number of carbonyl (C=O) groups excluding carboxylic acids is 1. The van der Waals surface area contributed by atoms with Gasteiger partial charge in [0.15, 0.2) is 5.75 Å². The number of benzene rings is 2. The van der Waals surface area contributed by atoms with Gasteiger partial charge in [-0.05, 0) is 49.4 Å². The maximum absolute atomic E-state index is 12.6. The largest absolute Gasteiger partial charge is 0.478 e. The molecule has 1 amide bonds. The van der Waals surface area contributed by atoms with Crippen molar-refractivity contribution in [2.75, 3.05) is 5.32 Å². The Kier molecular flexibility index (Phi) is 5.98. The first-order chi connectivity index (χ1) is 14.2. The van der Waals surface area contributed by atoms with Gasteiger partial charge in [0.1, 0.15) is 10.9 Å². The summed E-state index contributed by atoms with van der Waals surface area (Å²) in [6, 6.07) is 13.1. The lowest BCUT2D eigenvalue weighted by Crippen LogP contribution is -2.13. The van der Waals surface area contributed by atoms with Gasteiger partial charge >= 0.3 is 11.9 Å². The smallest absolute Gasteiger partial charge is 0.336 e. The molecule has 9 heteroatoms. The molecule has 30 heavy (non-hydrogen) atoms. The molecule has 0 spiro atoms. The van der Waals surface area contributed by atoms with Crippen LogP contribution in [0.15, 0.2) is 54.6 Å². The van der Waals surface area contributed by atoms with E-state index in [9.17, 15) is 19.5 Å². The number of aromatic nitrogens is 1. The average molecular weight is 427 g/mol. The number of hydrogen-bond acceptors (Lipinski definition) is 5. The van der Waals surface area contributed by atoms with Crippen LogP contribution in [0.25, 0.3) is 0 Å². The highest BCUT2D eigenvalue weighted by Gasteiger charge is 2.18. The fourth-order valence-electron chi connectivity index (χ4n) is 2.69. The zero-order chi connectivity index (χ0) is 21.8. The van der Waals surface area contributed by atoms with E-state index in [0.717, 1.165) is 12.1 Å². The Labute approximate surface area is 175 Å². The van der Waals surface area contributed by atoms with Crippen LogP contribution in [0.5, 0.6) is 11.5 Å². The van der Waals surface area contributed by atoms with Crippen molar-refractivity contribution in [1.29, 1.82) is 0 Å². The number of aryl methyl sites for hydroxylation is 1. The van der Waals surface area contributed by atoms with Gasteiger partial charge in [-0.2, -0.15) is 0 Å². The van der Waals surface area contributed by atoms with Crippen molar-refractivity contribution in [3.8, 4) is 11.5 Å². The summed E-state index contributed by atoms with van der Waals surface area (Å²) in [6.45, 7) is 1.71. The number of nitrogens with zero attached hydrogens (tertiary/aromatic N) is 1. The number of carboxylic acid groups (broad SMARTS) is 2. The van der Waals surface area contributed by atoms with E-state index in [1.54, 1.807) is 37.3 Å². The van der Waals surface area contributed by atoms with Crippen LogP contribution in [0.4, 0.5) is 5.69 Å². The molecular weight excluding hydrogens is 412 g/mol. The Morgan fingerprint density at radius 1 is 0.967 bits per heavy atom. The van der Waals surface area contributed by atoms with Gasteiger partial charge in [0.2, 0.25) is 0 Å². The number of rotatable bonds is 6. The molecule has 3 N–H and O–H groups in total. The molecule has 0 bridgehead atoms. The molecule has 0 aliphatic carbocycles. The first-order valence-corrected chi connectivity index (χ1v) is 8.95. The highest BCUT2D eigenvalue weighted by atomic mass is 35.5. The number of para-hydroxylation sites is 2. The van der Waals surface area contributed by atoms with Gasteiger partial charge in [-0.15, -0.1) is 0 Å². The number of carboxylic acids is 2. The molecule has 152 valence electrons. The van der Waals surface area contributed by atoms with Crippen molar-refractivity contribution in [3.05, 3.63) is 82.1 Å². The summed E-state index contributed by atoms with van der Waals surface area (Å²) in [4.78, 5) is 39.2.